The van der Waals surface area contributed by atoms with Crippen LogP contribution in [-0.2, 0) is 0 Å². The van der Waals surface area contributed by atoms with Gasteiger partial charge in [0.1, 0.15) is 11.3 Å². The standard InChI is InChI=1S/C20H19ClN6OS/c21-16-12(3-4-14-18(16)29-20(28)25-14)13-7-24-19-17(13)23-8-15(26-19)27-10-1-2-11(27)6-9(22)5-10/h3-4,7-11H,1-2,5-6,22H2,(H,24,26)(H,25,28)/t9?,10-,11+. The van der Waals surface area contributed by atoms with E-state index in [1.54, 1.807) is 0 Å². The smallest absolute Gasteiger partial charge is 0.305 e. The van der Waals surface area contributed by atoms with Gasteiger partial charge in [0.15, 0.2) is 5.65 Å². The van der Waals surface area contributed by atoms with Gasteiger partial charge in [0.2, 0.25) is 0 Å². The summed E-state index contributed by atoms with van der Waals surface area (Å²) < 4.78 is 0.759. The Kier molecular flexibility index (Phi) is 3.78. The number of hydrogen-bond acceptors (Lipinski definition) is 6. The second-order valence-electron chi connectivity index (χ2n) is 7.97. The molecule has 4 aromatic rings. The minimum atomic E-state index is -0.113. The van der Waals surface area contributed by atoms with Gasteiger partial charge in [-0.2, -0.15) is 0 Å². The van der Waals surface area contributed by atoms with Crippen molar-refractivity contribution in [3.05, 3.63) is 39.2 Å². The Morgan fingerprint density at radius 1 is 1.21 bits per heavy atom. The molecule has 1 aromatic carbocycles. The second-order valence-corrected chi connectivity index (χ2v) is 9.33. The summed E-state index contributed by atoms with van der Waals surface area (Å²) in [7, 11) is 0. The first-order valence-electron chi connectivity index (χ1n) is 9.78. The van der Waals surface area contributed by atoms with Gasteiger partial charge in [0.05, 0.1) is 21.4 Å². The fourth-order valence-electron chi connectivity index (χ4n) is 5.00. The molecule has 4 N–H and O–H groups in total. The van der Waals surface area contributed by atoms with Crippen molar-refractivity contribution in [1.82, 2.24) is 19.9 Å². The van der Waals surface area contributed by atoms with Gasteiger partial charge in [-0.1, -0.05) is 29.0 Å². The average molecular weight is 427 g/mol. The first-order valence-corrected chi connectivity index (χ1v) is 11.0. The molecule has 0 radical (unpaired) electrons. The molecule has 7 nitrogen and oxygen atoms in total. The first kappa shape index (κ1) is 17.4. The summed E-state index contributed by atoms with van der Waals surface area (Å²) in [6.45, 7) is 0. The predicted molar refractivity (Wildman–Crippen MR) is 117 cm³/mol. The molecule has 0 saturated carbocycles. The monoisotopic (exact) mass is 426 g/mol. The number of anilines is 1. The van der Waals surface area contributed by atoms with Crippen LogP contribution in [0.15, 0.2) is 29.3 Å². The highest BCUT2D eigenvalue weighted by Crippen LogP contribution is 2.40. The molecule has 2 saturated heterocycles. The Hall–Kier alpha value is -2.42. The number of thiazole rings is 1. The van der Waals surface area contributed by atoms with Crippen LogP contribution in [0.5, 0.6) is 0 Å². The van der Waals surface area contributed by atoms with Crippen LogP contribution >= 0.6 is 22.9 Å². The lowest BCUT2D eigenvalue weighted by molar-refractivity contribution is 0.412. The van der Waals surface area contributed by atoms with Gasteiger partial charge in [-0.3, -0.25) is 4.79 Å². The number of benzene rings is 1. The van der Waals surface area contributed by atoms with Crippen molar-refractivity contribution >= 4 is 50.1 Å². The number of fused-ring (bicyclic) bond motifs is 4. The van der Waals surface area contributed by atoms with E-state index in [4.69, 9.17) is 27.3 Å². The molecule has 1 unspecified atom stereocenters. The Morgan fingerprint density at radius 3 is 2.79 bits per heavy atom. The van der Waals surface area contributed by atoms with Crippen molar-refractivity contribution in [3.8, 4) is 11.1 Å². The summed E-state index contributed by atoms with van der Waals surface area (Å²) in [4.78, 5) is 29.7. The van der Waals surface area contributed by atoms with E-state index in [2.05, 4.69) is 14.9 Å². The number of halogens is 1. The Bertz CT molecular complexity index is 1300. The number of rotatable bonds is 2. The zero-order valence-corrected chi connectivity index (χ0v) is 17.1. The van der Waals surface area contributed by atoms with Gasteiger partial charge < -0.3 is 20.6 Å². The van der Waals surface area contributed by atoms with E-state index in [-0.39, 0.29) is 4.87 Å². The molecule has 2 fully saturated rings. The fourth-order valence-corrected chi connectivity index (χ4v) is 6.16. The summed E-state index contributed by atoms with van der Waals surface area (Å²) in [6, 6.07) is 5.00. The molecular weight excluding hydrogens is 408 g/mol. The minimum absolute atomic E-state index is 0.113. The molecule has 0 spiro atoms. The molecule has 0 aliphatic carbocycles. The molecule has 29 heavy (non-hydrogen) atoms. The average Bonchev–Trinajstić information content (AvgIpc) is 3.36. The van der Waals surface area contributed by atoms with E-state index in [1.807, 2.05) is 24.5 Å². The number of piperidine rings is 1. The van der Waals surface area contributed by atoms with Crippen LogP contribution in [0.4, 0.5) is 5.82 Å². The molecule has 2 bridgehead atoms. The fraction of sp³-hybridized carbons (Fsp3) is 0.350. The zero-order chi connectivity index (χ0) is 19.7. The van der Waals surface area contributed by atoms with Crippen molar-refractivity contribution in [2.75, 3.05) is 4.90 Å². The van der Waals surface area contributed by atoms with Crippen molar-refractivity contribution in [3.63, 3.8) is 0 Å². The van der Waals surface area contributed by atoms with Crippen LogP contribution < -0.4 is 15.5 Å². The number of hydrogen-bond donors (Lipinski definition) is 3. The van der Waals surface area contributed by atoms with E-state index in [0.29, 0.717) is 23.1 Å². The molecule has 2 aliphatic rings. The number of aromatic amines is 2. The van der Waals surface area contributed by atoms with Gasteiger partial charge in [-0.25, -0.2) is 9.97 Å². The highest BCUT2D eigenvalue weighted by Gasteiger charge is 2.40. The second kappa shape index (κ2) is 6.29. The molecule has 2 aliphatic heterocycles. The summed E-state index contributed by atoms with van der Waals surface area (Å²) >= 11 is 7.75. The van der Waals surface area contributed by atoms with Crippen LogP contribution in [0, 0.1) is 0 Å². The largest absolute Gasteiger partial charge is 0.349 e. The number of aromatic nitrogens is 4. The SMILES string of the molecule is NC1C[C@H]2CC[C@@H](C1)N2c1cnc2c(-c3ccc4[nH]c(=O)sc4c3Cl)c[nH]c2n1. The number of nitrogens with two attached hydrogens (primary N) is 1. The third-order valence-electron chi connectivity index (χ3n) is 6.22. The molecule has 0 amide bonds. The number of H-pyrrole nitrogens is 2. The lowest BCUT2D eigenvalue weighted by atomic mass is 9.98. The van der Waals surface area contributed by atoms with Gasteiger partial charge >= 0.3 is 4.87 Å². The summed E-state index contributed by atoms with van der Waals surface area (Å²) in [5.74, 6) is 0.913. The molecule has 6 rings (SSSR count). The van der Waals surface area contributed by atoms with Crippen LogP contribution in [-0.4, -0.2) is 38.1 Å². The van der Waals surface area contributed by atoms with E-state index < -0.39 is 0 Å². The first-order chi connectivity index (χ1) is 14.1. The van der Waals surface area contributed by atoms with Crippen LogP contribution in [0.25, 0.3) is 32.5 Å². The maximum atomic E-state index is 11.7. The number of nitrogens with one attached hydrogen (secondary N) is 2. The maximum absolute atomic E-state index is 11.7. The van der Waals surface area contributed by atoms with Gasteiger partial charge in [0.25, 0.3) is 0 Å². The maximum Gasteiger partial charge on any atom is 0.305 e. The topological polar surface area (TPSA) is 104 Å². The van der Waals surface area contributed by atoms with E-state index in [1.165, 1.54) is 12.8 Å². The van der Waals surface area contributed by atoms with E-state index in [0.717, 1.165) is 62.5 Å². The van der Waals surface area contributed by atoms with Gasteiger partial charge in [0, 0.05) is 35.4 Å². The van der Waals surface area contributed by atoms with E-state index in [9.17, 15) is 4.79 Å². The Labute approximate surface area is 174 Å². The van der Waals surface area contributed by atoms with Crippen molar-refractivity contribution in [2.24, 2.45) is 5.73 Å². The van der Waals surface area contributed by atoms with Gasteiger partial charge in [-0.05, 0) is 31.7 Å². The lowest BCUT2D eigenvalue weighted by Gasteiger charge is -2.38. The summed E-state index contributed by atoms with van der Waals surface area (Å²) in [5.41, 5.74) is 10.2. The molecule has 5 heterocycles. The van der Waals surface area contributed by atoms with Gasteiger partial charge in [-0.15, -0.1) is 0 Å². The predicted octanol–water partition coefficient (Wildman–Crippen LogP) is 3.64. The minimum Gasteiger partial charge on any atom is -0.349 e. The van der Waals surface area contributed by atoms with Crippen LogP contribution in [0.2, 0.25) is 5.02 Å². The Morgan fingerprint density at radius 2 is 2.00 bits per heavy atom. The van der Waals surface area contributed by atoms with Crippen molar-refractivity contribution in [1.29, 1.82) is 0 Å². The third kappa shape index (κ3) is 2.63. The quantitative estimate of drug-likeness (QED) is 0.454. The number of nitrogens with zero attached hydrogens (tertiary/aromatic N) is 3. The highest BCUT2D eigenvalue weighted by molar-refractivity contribution is 7.17. The van der Waals surface area contributed by atoms with Crippen LogP contribution in [0.3, 0.4) is 0 Å². The van der Waals surface area contributed by atoms with Crippen LogP contribution in [0.1, 0.15) is 25.7 Å². The third-order valence-corrected chi connectivity index (χ3v) is 7.64. The molecule has 9 heteroatoms. The molecule has 148 valence electrons. The molecular formula is C20H19ClN6OS. The summed E-state index contributed by atoms with van der Waals surface area (Å²) in [5, 5.41) is 0.556. The molecule has 3 aromatic heterocycles. The highest BCUT2D eigenvalue weighted by atomic mass is 35.5. The van der Waals surface area contributed by atoms with E-state index >= 15 is 0 Å². The summed E-state index contributed by atoms with van der Waals surface area (Å²) in [6.07, 6.45) is 8.12. The Balaban J connectivity index is 1.43. The van der Waals surface area contributed by atoms with Crippen molar-refractivity contribution in [2.45, 2.75) is 43.8 Å². The van der Waals surface area contributed by atoms with Crippen molar-refractivity contribution < 1.29 is 0 Å². The lowest BCUT2D eigenvalue weighted by Crippen LogP contribution is -2.47. The molecule has 3 atom stereocenters. The normalized spacial score (nSPS) is 24.1. The zero-order valence-electron chi connectivity index (χ0n) is 15.5.